The van der Waals surface area contributed by atoms with Crippen LogP contribution in [0.25, 0.3) is 0 Å². The molecule has 52 heavy (non-hydrogen) atoms. The smallest absolute Gasteiger partial charge is 0.387 e. The number of allylic oxidation sites excluding steroid dienone is 11. The first kappa shape index (κ1) is 49.9. The fraction of sp³-hybridized carbons (Fsp3) is 0.698. The highest BCUT2D eigenvalue weighted by molar-refractivity contribution is 7.47. The zero-order valence-corrected chi connectivity index (χ0v) is 33.9. The van der Waals surface area contributed by atoms with E-state index in [0.29, 0.717) is 6.42 Å². The Hall–Kier alpha value is -2.06. The highest BCUT2D eigenvalue weighted by Crippen LogP contribution is 2.43. The van der Waals surface area contributed by atoms with Crippen molar-refractivity contribution in [3.63, 3.8) is 0 Å². The first-order valence-corrected chi connectivity index (χ1v) is 22.1. The predicted molar refractivity (Wildman–Crippen MR) is 221 cm³/mol. The van der Waals surface area contributed by atoms with Crippen LogP contribution in [0.4, 0.5) is 0 Å². The van der Waals surface area contributed by atoms with Gasteiger partial charge in [0.15, 0.2) is 0 Å². The Morgan fingerprint density at radius 3 is 1.71 bits per heavy atom. The van der Waals surface area contributed by atoms with E-state index in [-0.39, 0.29) is 25.7 Å². The lowest BCUT2D eigenvalue weighted by molar-refractivity contribution is -0.123. The summed E-state index contributed by atoms with van der Waals surface area (Å²) in [6.07, 6.45) is 49.5. The van der Waals surface area contributed by atoms with Gasteiger partial charge in [-0.2, -0.15) is 0 Å². The van der Waals surface area contributed by atoms with Crippen LogP contribution in [0.3, 0.4) is 0 Å². The molecule has 0 aliphatic heterocycles. The number of unbranched alkanes of at least 4 members (excludes halogenated alkanes) is 15. The van der Waals surface area contributed by atoms with Crippen molar-refractivity contribution in [2.24, 2.45) is 5.73 Å². The topological polar surface area (TPSA) is 131 Å². The molecule has 0 fully saturated rings. The minimum atomic E-state index is -4.35. The quantitative estimate of drug-likeness (QED) is 0.0282. The molecule has 0 radical (unpaired) electrons. The van der Waals surface area contributed by atoms with Crippen LogP contribution in [0.5, 0.6) is 0 Å². The number of rotatable bonds is 37. The number of carbonyl (C=O) groups is 1. The monoisotopic (exact) mass is 749 g/mol. The maximum absolute atomic E-state index is 12.7. The Balaban J connectivity index is 4.37. The Bertz CT molecular complexity index is 1040. The van der Waals surface area contributed by atoms with Crippen LogP contribution in [0, 0.1) is 0 Å². The summed E-state index contributed by atoms with van der Waals surface area (Å²) in [6, 6.07) is -0.891. The largest absolute Gasteiger partial charge is 0.472 e. The summed E-state index contributed by atoms with van der Waals surface area (Å²) in [7, 11) is -4.35. The molecule has 0 aliphatic carbocycles. The van der Waals surface area contributed by atoms with Crippen LogP contribution >= 0.6 is 7.82 Å². The highest BCUT2D eigenvalue weighted by atomic mass is 31.2. The molecule has 0 spiro atoms. The van der Waals surface area contributed by atoms with E-state index in [4.69, 9.17) is 14.8 Å². The third-order valence-corrected chi connectivity index (χ3v) is 9.48. The van der Waals surface area contributed by atoms with Gasteiger partial charge in [0.25, 0.3) is 0 Å². The van der Waals surface area contributed by atoms with Gasteiger partial charge in [0.1, 0.15) is 0 Å². The molecule has 0 bridgehead atoms. The normalized spacial score (nSPS) is 14.9. The van der Waals surface area contributed by atoms with Gasteiger partial charge >= 0.3 is 7.82 Å². The van der Waals surface area contributed by atoms with Gasteiger partial charge in [-0.25, -0.2) is 4.57 Å². The second-order valence-corrected chi connectivity index (χ2v) is 14.9. The van der Waals surface area contributed by atoms with E-state index in [9.17, 15) is 19.4 Å². The van der Waals surface area contributed by atoms with Crippen molar-refractivity contribution in [1.82, 2.24) is 5.32 Å². The zero-order valence-electron chi connectivity index (χ0n) is 33.0. The summed E-state index contributed by atoms with van der Waals surface area (Å²) >= 11 is 0. The standard InChI is InChI=1S/C43H77N2O6P/c1-3-5-7-9-11-13-15-17-19-21-23-25-27-29-31-33-35-37-43(47)45-41(40-51-52(48,49)50-39-38-44)42(46)36-34-32-30-28-26-24-22-20-18-16-14-12-10-8-6-4-2/h5,7,11,13,17-20,26,28,34,36,41-42,46H,3-4,6,8-10,12,14-16,21-25,27,29-33,35,37-40,44H2,1-2H3,(H,45,47)(H,48,49)/b7-5-,13-11-,19-17-,20-18+,28-26+,36-34+. The number of aliphatic hydroxyl groups is 1. The van der Waals surface area contributed by atoms with Crippen molar-refractivity contribution in [3.05, 3.63) is 72.9 Å². The van der Waals surface area contributed by atoms with E-state index in [0.717, 1.165) is 77.0 Å². The van der Waals surface area contributed by atoms with Gasteiger partial charge in [0, 0.05) is 13.0 Å². The molecule has 0 aromatic carbocycles. The molecule has 0 rings (SSSR count). The van der Waals surface area contributed by atoms with Gasteiger partial charge in [-0.05, 0) is 77.0 Å². The molecule has 0 saturated heterocycles. The molecular weight excluding hydrogens is 671 g/mol. The summed E-state index contributed by atoms with van der Waals surface area (Å²) in [5, 5.41) is 13.6. The third kappa shape index (κ3) is 36.3. The molecule has 0 aromatic rings. The van der Waals surface area contributed by atoms with Gasteiger partial charge < -0.3 is 21.1 Å². The average Bonchev–Trinajstić information content (AvgIpc) is 3.13. The second-order valence-electron chi connectivity index (χ2n) is 13.4. The van der Waals surface area contributed by atoms with Crippen molar-refractivity contribution in [1.29, 1.82) is 0 Å². The van der Waals surface area contributed by atoms with Crippen LogP contribution in [-0.2, 0) is 18.4 Å². The number of phosphoric ester groups is 1. The maximum Gasteiger partial charge on any atom is 0.472 e. The van der Waals surface area contributed by atoms with E-state index in [1.165, 1.54) is 64.2 Å². The summed E-state index contributed by atoms with van der Waals surface area (Å²) in [5.74, 6) is -0.222. The summed E-state index contributed by atoms with van der Waals surface area (Å²) in [6.45, 7) is 3.95. The van der Waals surface area contributed by atoms with Crippen molar-refractivity contribution < 1.29 is 28.4 Å². The SMILES string of the molecule is CC/C=C\C/C=C\C/C=C\CCCCCCCCCC(=O)NC(COP(=O)(O)OCCN)C(O)/C=C/CC/C=C/CC/C=C/CCCCCCCC. The first-order valence-electron chi connectivity index (χ1n) is 20.6. The van der Waals surface area contributed by atoms with E-state index in [1.807, 2.05) is 6.08 Å². The van der Waals surface area contributed by atoms with E-state index in [1.54, 1.807) is 6.08 Å². The summed E-state index contributed by atoms with van der Waals surface area (Å²) < 4.78 is 22.1. The molecule has 0 aromatic heterocycles. The molecule has 1 amide bonds. The van der Waals surface area contributed by atoms with E-state index < -0.39 is 20.0 Å². The molecule has 9 heteroatoms. The summed E-state index contributed by atoms with van der Waals surface area (Å²) in [5.41, 5.74) is 5.36. The number of hydrogen-bond donors (Lipinski definition) is 4. The van der Waals surface area contributed by atoms with Crippen molar-refractivity contribution in [2.45, 2.75) is 174 Å². The third-order valence-electron chi connectivity index (χ3n) is 8.49. The van der Waals surface area contributed by atoms with Crippen LogP contribution < -0.4 is 11.1 Å². The lowest BCUT2D eigenvalue weighted by Gasteiger charge is -2.23. The fourth-order valence-electron chi connectivity index (χ4n) is 5.41. The lowest BCUT2D eigenvalue weighted by Crippen LogP contribution is -2.45. The van der Waals surface area contributed by atoms with Gasteiger partial charge in [0.2, 0.25) is 5.91 Å². The lowest BCUT2D eigenvalue weighted by atomic mass is 10.1. The van der Waals surface area contributed by atoms with Crippen molar-refractivity contribution in [2.75, 3.05) is 19.8 Å². The molecule has 8 nitrogen and oxygen atoms in total. The fourth-order valence-corrected chi connectivity index (χ4v) is 6.17. The van der Waals surface area contributed by atoms with Crippen molar-refractivity contribution >= 4 is 13.7 Å². The van der Waals surface area contributed by atoms with Crippen LogP contribution in [0.2, 0.25) is 0 Å². The Morgan fingerprint density at radius 2 is 1.13 bits per heavy atom. The van der Waals surface area contributed by atoms with Gasteiger partial charge in [-0.15, -0.1) is 0 Å². The van der Waals surface area contributed by atoms with E-state index >= 15 is 0 Å². The summed E-state index contributed by atoms with van der Waals surface area (Å²) in [4.78, 5) is 22.7. The maximum atomic E-state index is 12.7. The molecule has 300 valence electrons. The number of nitrogens with one attached hydrogen (secondary N) is 1. The first-order chi connectivity index (χ1) is 25.4. The highest BCUT2D eigenvalue weighted by Gasteiger charge is 2.26. The number of amides is 1. The predicted octanol–water partition coefficient (Wildman–Crippen LogP) is 11.3. The van der Waals surface area contributed by atoms with E-state index in [2.05, 4.69) is 79.9 Å². The zero-order chi connectivity index (χ0) is 38.2. The number of aliphatic hydroxyl groups excluding tert-OH is 1. The number of nitrogens with two attached hydrogens (primary N) is 1. The van der Waals surface area contributed by atoms with Crippen LogP contribution in [-0.4, -0.2) is 47.8 Å². The Labute approximate surface area is 318 Å². The molecule has 0 aliphatic rings. The Morgan fingerprint density at radius 1 is 0.654 bits per heavy atom. The molecular formula is C43H77N2O6P. The number of hydrogen-bond acceptors (Lipinski definition) is 6. The van der Waals surface area contributed by atoms with Crippen LogP contribution in [0.15, 0.2) is 72.9 Å². The van der Waals surface area contributed by atoms with Gasteiger partial charge in [-0.3, -0.25) is 13.8 Å². The number of carbonyl (C=O) groups excluding carboxylic acids is 1. The molecule has 0 heterocycles. The average molecular weight is 749 g/mol. The van der Waals surface area contributed by atoms with Gasteiger partial charge in [-0.1, -0.05) is 151 Å². The minimum Gasteiger partial charge on any atom is -0.387 e. The second kappa shape index (κ2) is 38.7. The van der Waals surface area contributed by atoms with Crippen LogP contribution in [0.1, 0.15) is 162 Å². The Kier molecular flexibility index (Phi) is 37.1. The molecule has 3 atom stereocenters. The van der Waals surface area contributed by atoms with Gasteiger partial charge in [0.05, 0.1) is 25.4 Å². The molecule has 3 unspecified atom stereocenters. The number of phosphoric acid groups is 1. The molecule has 0 saturated carbocycles. The minimum absolute atomic E-state index is 0.0665. The van der Waals surface area contributed by atoms with Crippen molar-refractivity contribution in [3.8, 4) is 0 Å². The molecule has 5 N–H and O–H groups in total.